The Kier molecular flexibility index (Phi) is 8.26. The van der Waals surface area contributed by atoms with E-state index in [2.05, 4.69) is 53.3 Å². The van der Waals surface area contributed by atoms with Gasteiger partial charge >= 0.3 is 11.9 Å². The van der Waals surface area contributed by atoms with Crippen LogP contribution < -0.4 is 0 Å². The first-order valence-corrected chi connectivity index (χ1v) is 11.4. The van der Waals surface area contributed by atoms with E-state index >= 15 is 0 Å². The molecular weight excluding hydrogens is 471 g/mol. The summed E-state index contributed by atoms with van der Waals surface area (Å²) in [4.78, 5) is 26.2. The predicted molar refractivity (Wildman–Crippen MR) is 128 cm³/mol. The summed E-state index contributed by atoms with van der Waals surface area (Å²) in [6, 6.07) is 12.5. The summed E-state index contributed by atoms with van der Waals surface area (Å²) in [6.45, 7) is 4.19. The molecule has 0 spiro atoms. The molecular formula is C23H22Cl2N2O4S. The van der Waals surface area contributed by atoms with Gasteiger partial charge in [0.05, 0.1) is 10.0 Å². The Labute approximate surface area is 200 Å². The van der Waals surface area contributed by atoms with Gasteiger partial charge in [-0.15, -0.1) is 0 Å². The Morgan fingerprint density at radius 3 is 2.22 bits per heavy atom. The number of halogens is 2. The molecule has 0 unspecified atom stereocenters. The predicted octanol–water partition coefficient (Wildman–Crippen LogP) is 4.92. The highest BCUT2D eigenvalue weighted by Gasteiger charge is 2.25. The molecule has 0 bridgehead atoms. The Balaban J connectivity index is 0.000000312. The van der Waals surface area contributed by atoms with Crippen LogP contribution in [-0.2, 0) is 9.59 Å². The molecule has 0 amide bonds. The zero-order valence-corrected chi connectivity index (χ0v) is 19.6. The first-order chi connectivity index (χ1) is 15.3. The minimum Gasteiger partial charge on any atom is -0.478 e. The first kappa shape index (κ1) is 24.2. The van der Waals surface area contributed by atoms with E-state index in [9.17, 15) is 9.59 Å². The van der Waals surface area contributed by atoms with Gasteiger partial charge in [-0.2, -0.15) is 0 Å². The highest BCUT2D eigenvalue weighted by Crippen LogP contribution is 2.46. The van der Waals surface area contributed by atoms with Crippen molar-refractivity contribution in [3.05, 3.63) is 69.7 Å². The molecule has 0 saturated carbocycles. The van der Waals surface area contributed by atoms with Crippen LogP contribution in [0.25, 0.3) is 11.8 Å². The molecule has 1 fully saturated rings. The Morgan fingerprint density at radius 1 is 0.969 bits per heavy atom. The molecule has 2 N–H and O–H groups in total. The van der Waals surface area contributed by atoms with Crippen molar-refractivity contribution in [2.24, 2.45) is 0 Å². The fraction of sp³-hybridized carbons (Fsp3) is 0.217. The zero-order chi connectivity index (χ0) is 23.3. The average Bonchev–Trinajstić information content (AvgIpc) is 2.93. The van der Waals surface area contributed by atoms with Crippen LogP contribution in [0.1, 0.15) is 11.1 Å². The fourth-order valence-corrected chi connectivity index (χ4v) is 4.90. The van der Waals surface area contributed by atoms with E-state index in [-0.39, 0.29) is 0 Å². The van der Waals surface area contributed by atoms with E-state index in [0.717, 1.165) is 31.1 Å². The van der Waals surface area contributed by atoms with Crippen molar-refractivity contribution in [1.29, 1.82) is 0 Å². The molecule has 0 aliphatic carbocycles. The summed E-state index contributed by atoms with van der Waals surface area (Å²) in [7, 11) is 2.18. The van der Waals surface area contributed by atoms with Crippen LogP contribution in [0.4, 0.5) is 0 Å². The van der Waals surface area contributed by atoms with Crippen molar-refractivity contribution in [3.63, 3.8) is 0 Å². The maximum absolute atomic E-state index is 9.55. The zero-order valence-electron chi connectivity index (χ0n) is 17.3. The number of nitrogens with zero attached hydrogens (tertiary/aromatic N) is 2. The van der Waals surface area contributed by atoms with Gasteiger partial charge in [0.15, 0.2) is 0 Å². The second-order valence-corrected chi connectivity index (χ2v) is 9.05. The van der Waals surface area contributed by atoms with E-state index in [1.165, 1.54) is 21.7 Å². The van der Waals surface area contributed by atoms with Crippen molar-refractivity contribution < 1.29 is 19.8 Å². The molecule has 0 radical (unpaired) electrons. The molecule has 2 heterocycles. The van der Waals surface area contributed by atoms with Crippen molar-refractivity contribution in [3.8, 4) is 0 Å². The quantitative estimate of drug-likeness (QED) is 0.588. The number of hydrogen-bond donors (Lipinski definition) is 2. The van der Waals surface area contributed by atoms with Gasteiger partial charge < -0.3 is 20.0 Å². The number of aliphatic carboxylic acids is 2. The van der Waals surface area contributed by atoms with Gasteiger partial charge in [-0.3, -0.25) is 0 Å². The molecule has 2 aromatic carbocycles. The number of fused-ring (bicyclic) bond motifs is 2. The van der Waals surface area contributed by atoms with E-state index < -0.39 is 11.9 Å². The van der Waals surface area contributed by atoms with Crippen molar-refractivity contribution in [1.82, 2.24) is 9.80 Å². The van der Waals surface area contributed by atoms with Crippen molar-refractivity contribution >= 4 is 58.7 Å². The monoisotopic (exact) mass is 492 g/mol. The van der Waals surface area contributed by atoms with Gasteiger partial charge in [-0.1, -0.05) is 59.2 Å². The highest BCUT2D eigenvalue weighted by atomic mass is 35.5. The minimum absolute atomic E-state index is 0.558. The molecule has 32 heavy (non-hydrogen) atoms. The summed E-state index contributed by atoms with van der Waals surface area (Å²) in [6.07, 6.45) is 3.41. The largest absolute Gasteiger partial charge is 0.478 e. The smallest absolute Gasteiger partial charge is 0.328 e. The van der Waals surface area contributed by atoms with Crippen LogP contribution in [0, 0.1) is 0 Å². The number of piperazine rings is 1. The van der Waals surface area contributed by atoms with Gasteiger partial charge in [-0.25, -0.2) is 9.59 Å². The van der Waals surface area contributed by atoms with E-state index in [0.29, 0.717) is 22.2 Å². The third kappa shape index (κ3) is 6.07. The summed E-state index contributed by atoms with van der Waals surface area (Å²) >= 11 is 14.6. The van der Waals surface area contributed by atoms with Crippen molar-refractivity contribution in [2.75, 3.05) is 33.2 Å². The molecule has 1 saturated heterocycles. The third-order valence-electron chi connectivity index (χ3n) is 4.96. The summed E-state index contributed by atoms with van der Waals surface area (Å²) in [5.41, 5.74) is 3.66. The lowest BCUT2D eigenvalue weighted by Crippen LogP contribution is -2.43. The van der Waals surface area contributed by atoms with Crippen LogP contribution in [0.15, 0.2) is 58.3 Å². The Hall–Kier alpha value is -2.45. The minimum atomic E-state index is -1.26. The molecule has 6 nitrogen and oxygen atoms in total. The number of rotatable bonds is 3. The molecule has 4 rings (SSSR count). The maximum atomic E-state index is 9.55. The Bertz CT molecular complexity index is 1060. The van der Waals surface area contributed by atoms with Crippen molar-refractivity contribution in [2.45, 2.75) is 9.79 Å². The summed E-state index contributed by atoms with van der Waals surface area (Å²) in [5, 5.41) is 16.9. The highest BCUT2D eigenvalue weighted by molar-refractivity contribution is 7.99. The number of carbonyl (C=O) groups is 2. The van der Waals surface area contributed by atoms with Gasteiger partial charge in [0, 0.05) is 59.4 Å². The van der Waals surface area contributed by atoms with Crippen LogP contribution in [0.5, 0.6) is 0 Å². The molecule has 168 valence electrons. The lowest BCUT2D eigenvalue weighted by molar-refractivity contribution is -0.134. The van der Waals surface area contributed by atoms with Crippen LogP contribution in [-0.4, -0.2) is 65.2 Å². The number of benzene rings is 2. The van der Waals surface area contributed by atoms with Crippen LogP contribution in [0.3, 0.4) is 0 Å². The number of carboxylic acid groups (broad SMARTS) is 2. The maximum Gasteiger partial charge on any atom is 0.328 e. The average molecular weight is 493 g/mol. The number of likely N-dealkylation sites (N-methyl/N-ethyl adjacent to an activating group) is 1. The molecule has 9 heteroatoms. The molecule has 2 aliphatic rings. The second-order valence-electron chi connectivity index (χ2n) is 7.21. The van der Waals surface area contributed by atoms with Gasteiger partial charge in [0.25, 0.3) is 0 Å². The lowest BCUT2D eigenvalue weighted by atomic mass is 10.1. The molecule has 0 atom stereocenters. The fourth-order valence-electron chi connectivity index (χ4n) is 3.31. The second kappa shape index (κ2) is 10.9. The number of hydrogen-bond acceptors (Lipinski definition) is 5. The van der Waals surface area contributed by atoms with Gasteiger partial charge in [0.1, 0.15) is 0 Å². The topological polar surface area (TPSA) is 81.1 Å². The van der Waals surface area contributed by atoms with Gasteiger partial charge in [0.2, 0.25) is 0 Å². The SMILES string of the molecule is CN1CCN(C2=Cc3ccccc3Sc3c2ccc(Cl)c3Cl)CC1.O=C(O)C=CC(=O)O. The third-order valence-corrected chi connectivity index (χ3v) is 7.10. The summed E-state index contributed by atoms with van der Waals surface area (Å²) in [5.74, 6) is -2.51. The van der Waals surface area contributed by atoms with E-state index in [4.69, 9.17) is 33.4 Å². The molecule has 2 aromatic rings. The van der Waals surface area contributed by atoms with E-state index in [1.54, 1.807) is 11.8 Å². The van der Waals surface area contributed by atoms with E-state index in [1.807, 2.05) is 6.07 Å². The first-order valence-electron chi connectivity index (χ1n) is 9.80. The standard InChI is InChI=1S/C19H18Cl2N2S.C4H4O4/c1-22-8-10-23(11-9-22)16-12-13-4-2-3-5-17(13)24-19-14(16)6-7-15(20)18(19)21;5-3(6)1-2-4(7)8/h2-7,12H,8-11H2,1H3;1-2H,(H,5,6)(H,7,8). The Morgan fingerprint density at radius 2 is 1.59 bits per heavy atom. The summed E-state index contributed by atoms with van der Waals surface area (Å²) < 4.78 is 0. The molecule has 2 aliphatic heterocycles. The van der Waals surface area contributed by atoms with Gasteiger partial charge in [-0.05, 0) is 30.8 Å². The normalized spacial score (nSPS) is 15.7. The van der Waals surface area contributed by atoms with Crippen LogP contribution >= 0.6 is 35.0 Å². The lowest BCUT2D eigenvalue weighted by Gasteiger charge is -2.36. The van der Waals surface area contributed by atoms with Crippen LogP contribution in [0.2, 0.25) is 10.0 Å². The number of carboxylic acids is 2. The molecule has 0 aromatic heterocycles.